The highest BCUT2D eigenvalue weighted by atomic mass is 16.6. The molecule has 4 aromatic rings. The molecule has 4 rings (SSSR count). The molecule has 39 heavy (non-hydrogen) atoms. The Hall–Kier alpha value is -4.34. The van der Waals surface area contributed by atoms with Crippen LogP contribution >= 0.6 is 0 Å². The second kappa shape index (κ2) is 13.5. The molecular weight excluding hydrogens is 496 g/mol. The van der Waals surface area contributed by atoms with Crippen molar-refractivity contribution in [3.05, 3.63) is 88.5 Å². The first-order valence-electron chi connectivity index (χ1n) is 12.7. The van der Waals surface area contributed by atoms with Gasteiger partial charge in [-0.1, -0.05) is 29.8 Å². The lowest BCUT2D eigenvalue weighted by Gasteiger charge is -2.19. The van der Waals surface area contributed by atoms with Crippen molar-refractivity contribution in [2.24, 2.45) is 7.05 Å². The highest BCUT2D eigenvalue weighted by molar-refractivity contribution is 5.69. The summed E-state index contributed by atoms with van der Waals surface area (Å²) in [7, 11) is 1.85. The van der Waals surface area contributed by atoms with Crippen molar-refractivity contribution in [3.63, 3.8) is 0 Å². The summed E-state index contributed by atoms with van der Waals surface area (Å²) in [6.45, 7) is 10.3. The lowest BCUT2D eigenvalue weighted by Crippen LogP contribution is -2.23. The van der Waals surface area contributed by atoms with Gasteiger partial charge in [-0.05, 0) is 52.7 Å². The van der Waals surface area contributed by atoms with E-state index >= 15 is 0 Å². The maximum Gasteiger partial charge on any atom is 0.306 e. The summed E-state index contributed by atoms with van der Waals surface area (Å²) < 4.78 is 13.8. The maximum atomic E-state index is 12.0. The molecule has 3 heterocycles. The van der Waals surface area contributed by atoms with Gasteiger partial charge in [0.25, 0.3) is 5.56 Å². The molecule has 3 aromatic heterocycles. The van der Waals surface area contributed by atoms with Gasteiger partial charge in [-0.15, -0.1) is 0 Å². The molecule has 0 amide bonds. The summed E-state index contributed by atoms with van der Waals surface area (Å²) in [4.78, 5) is 31.4. The van der Waals surface area contributed by atoms with Crippen LogP contribution in [0.1, 0.15) is 50.6 Å². The van der Waals surface area contributed by atoms with Gasteiger partial charge in [0.15, 0.2) is 5.75 Å². The van der Waals surface area contributed by atoms with E-state index in [0.29, 0.717) is 37.6 Å². The average molecular weight is 533 g/mol. The van der Waals surface area contributed by atoms with Crippen molar-refractivity contribution in [2.45, 2.75) is 59.6 Å². The first-order valence-corrected chi connectivity index (χ1v) is 12.7. The van der Waals surface area contributed by atoms with Crippen LogP contribution in [0.5, 0.6) is 5.75 Å². The predicted molar refractivity (Wildman–Crippen MR) is 148 cm³/mol. The summed E-state index contributed by atoms with van der Waals surface area (Å²) >= 11 is 0. The van der Waals surface area contributed by atoms with E-state index in [4.69, 9.17) is 9.47 Å². The van der Waals surface area contributed by atoms with E-state index in [1.807, 2.05) is 66.1 Å². The van der Waals surface area contributed by atoms with Crippen LogP contribution in [0, 0.1) is 13.8 Å². The molecule has 1 aromatic carbocycles. The van der Waals surface area contributed by atoms with Gasteiger partial charge in [-0.3, -0.25) is 14.3 Å². The van der Waals surface area contributed by atoms with Gasteiger partial charge in [0.2, 0.25) is 0 Å². The number of benzene rings is 1. The largest absolute Gasteiger partial charge is 0.490 e. The molecule has 0 bridgehead atoms. The number of esters is 1. The number of hydrogen-bond donors (Lipinski definition) is 0. The van der Waals surface area contributed by atoms with E-state index in [1.54, 1.807) is 35.4 Å². The smallest absolute Gasteiger partial charge is 0.306 e. The minimum atomic E-state index is -0.428. The van der Waals surface area contributed by atoms with Gasteiger partial charge in [-0.25, -0.2) is 14.6 Å². The second-order valence-corrected chi connectivity index (χ2v) is 10.1. The molecule has 206 valence electrons. The molecule has 0 atom stereocenters. The molecule has 0 aliphatic heterocycles. The first-order chi connectivity index (χ1) is 18.5. The van der Waals surface area contributed by atoms with Crippen molar-refractivity contribution >= 4 is 5.97 Å². The van der Waals surface area contributed by atoms with Crippen LogP contribution in [0.3, 0.4) is 0 Å². The van der Waals surface area contributed by atoms with E-state index in [1.165, 1.54) is 10.2 Å². The van der Waals surface area contributed by atoms with E-state index in [2.05, 4.69) is 26.2 Å². The lowest BCUT2D eigenvalue weighted by atomic mass is 10.1. The molecule has 0 aliphatic carbocycles. The highest BCUT2D eigenvalue weighted by Crippen LogP contribution is 2.14. The standard InChI is InChI=1S/C16H16N4O.C13H20N2O3/c1-12-4-3-5-13(8-12)10-20-16(21)7-6-15(18-20)14-9-17-19(2)11-14;1-10-14-8-11(9-15-10)17-7-5-6-12(16)18-13(2,3)4/h3-9,11H,10H2,1-2H3;8-9H,5-7H2,1-4H3. The van der Waals surface area contributed by atoms with E-state index < -0.39 is 5.60 Å². The lowest BCUT2D eigenvalue weighted by molar-refractivity contribution is -0.155. The molecule has 0 unspecified atom stereocenters. The summed E-state index contributed by atoms with van der Waals surface area (Å²) in [5.74, 6) is 1.12. The number of aryl methyl sites for hydroxylation is 3. The van der Waals surface area contributed by atoms with Gasteiger partial charge in [-0.2, -0.15) is 10.2 Å². The van der Waals surface area contributed by atoms with Crippen LogP contribution in [-0.4, -0.2) is 47.7 Å². The third-order valence-electron chi connectivity index (χ3n) is 5.25. The van der Waals surface area contributed by atoms with Crippen LogP contribution in [0.4, 0.5) is 0 Å². The Morgan fingerprint density at radius 1 is 1.03 bits per heavy atom. The van der Waals surface area contributed by atoms with E-state index in [0.717, 1.165) is 16.8 Å². The molecule has 0 aliphatic rings. The number of rotatable bonds is 8. The highest BCUT2D eigenvalue weighted by Gasteiger charge is 2.15. The number of aromatic nitrogens is 6. The quantitative estimate of drug-likeness (QED) is 0.244. The van der Waals surface area contributed by atoms with Crippen LogP contribution in [0.25, 0.3) is 11.3 Å². The molecule has 10 heteroatoms. The summed E-state index contributed by atoms with van der Waals surface area (Å²) in [5.41, 5.74) is 3.34. The number of ether oxygens (including phenoxy) is 2. The van der Waals surface area contributed by atoms with Crippen LogP contribution in [-0.2, 0) is 23.1 Å². The van der Waals surface area contributed by atoms with Gasteiger partial charge in [0.05, 0.1) is 37.4 Å². The average Bonchev–Trinajstić information content (AvgIpc) is 3.30. The third-order valence-corrected chi connectivity index (χ3v) is 5.25. The van der Waals surface area contributed by atoms with Gasteiger partial charge >= 0.3 is 5.97 Å². The first kappa shape index (κ1) is 29.2. The Labute approximate surface area is 228 Å². The summed E-state index contributed by atoms with van der Waals surface area (Å²) in [6.07, 6.45) is 7.83. The molecule has 10 nitrogen and oxygen atoms in total. The third kappa shape index (κ3) is 10.1. The number of hydrogen-bond acceptors (Lipinski definition) is 8. The van der Waals surface area contributed by atoms with Crippen LogP contribution in [0.2, 0.25) is 0 Å². The van der Waals surface area contributed by atoms with Gasteiger partial charge in [0.1, 0.15) is 11.4 Å². The Balaban J connectivity index is 0.000000219. The van der Waals surface area contributed by atoms with Crippen LogP contribution < -0.4 is 10.3 Å². The molecule has 0 spiro atoms. The van der Waals surface area contributed by atoms with Crippen molar-refractivity contribution in [3.8, 4) is 17.0 Å². The Morgan fingerprint density at radius 3 is 2.41 bits per heavy atom. The predicted octanol–water partition coefficient (Wildman–Crippen LogP) is 4.29. The Morgan fingerprint density at radius 2 is 1.77 bits per heavy atom. The van der Waals surface area contributed by atoms with E-state index in [-0.39, 0.29) is 11.5 Å². The molecular formula is C29H36N6O4. The fourth-order valence-corrected chi connectivity index (χ4v) is 3.51. The second-order valence-electron chi connectivity index (χ2n) is 10.1. The van der Waals surface area contributed by atoms with Crippen molar-refractivity contribution in [1.29, 1.82) is 0 Å². The summed E-state index contributed by atoms with van der Waals surface area (Å²) in [6, 6.07) is 11.4. The SMILES string of the molecule is Cc1cccc(Cn2nc(-c3cnn(C)c3)ccc2=O)c1.Cc1ncc(OCCCC(=O)OC(C)(C)C)cn1. The molecule has 0 radical (unpaired) electrons. The number of nitrogens with zero attached hydrogens (tertiary/aromatic N) is 6. The fourth-order valence-electron chi connectivity index (χ4n) is 3.51. The molecule has 0 saturated carbocycles. The maximum absolute atomic E-state index is 12.0. The molecule has 0 fully saturated rings. The van der Waals surface area contributed by atoms with E-state index in [9.17, 15) is 9.59 Å². The minimum absolute atomic E-state index is 0.107. The van der Waals surface area contributed by atoms with Crippen LogP contribution in [0.15, 0.2) is 66.0 Å². The van der Waals surface area contributed by atoms with Crippen molar-refractivity contribution in [2.75, 3.05) is 6.61 Å². The minimum Gasteiger partial charge on any atom is -0.490 e. The molecule has 0 N–H and O–H groups in total. The monoisotopic (exact) mass is 532 g/mol. The van der Waals surface area contributed by atoms with Gasteiger partial charge < -0.3 is 9.47 Å². The van der Waals surface area contributed by atoms with Gasteiger partial charge in [0, 0.05) is 31.3 Å². The van der Waals surface area contributed by atoms with Crippen molar-refractivity contribution in [1.82, 2.24) is 29.5 Å². The zero-order valence-corrected chi connectivity index (χ0v) is 23.4. The normalized spacial score (nSPS) is 10.9. The molecule has 0 saturated heterocycles. The van der Waals surface area contributed by atoms with Crippen molar-refractivity contribution < 1.29 is 14.3 Å². The topological polar surface area (TPSA) is 114 Å². The zero-order chi connectivity index (χ0) is 28.4. The summed E-state index contributed by atoms with van der Waals surface area (Å²) in [5, 5.41) is 8.56. The Bertz CT molecular complexity index is 1420. The number of carbonyl (C=O) groups is 1. The zero-order valence-electron chi connectivity index (χ0n) is 23.4. The number of carbonyl (C=O) groups excluding carboxylic acids is 1. The Kier molecular flexibility index (Phi) is 10.1. The fraction of sp³-hybridized carbons (Fsp3) is 0.379.